The van der Waals surface area contributed by atoms with Crippen LogP contribution in [0.5, 0.6) is 0 Å². The summed E-state index contributed by atoms with van der Waals surface area (Å²) < 4.78 is 0. The SMILES string of the molecule is C/C(Cc1ccccc1)=N\[N+]#N. The standard InChI is InChI=1S/C9H10N3/c1-8(11-12-10)7-9-5-3-2-4-6-9/h2-6H,7H2,1H3/q+1/b11-8+. The zero-order valence-electron chi connectivity index (χ0n) is 6.94. The number of rotatable bonds is 2. The molecule has 0 unspecified atom stereocenters. The van der Waals surface area contributed by atoms with Gasteiger partial charge in [0.1, 0.15) is 5.71 Å². The largest absolute Gasteiger partial charge is 0.338 e. The lowest BCUT2D eigenvalue weighted by Gasteiger charge is -1.94. The average molecular weight is 160 g/mol. The fourth-order valence-corrected chi connectivity index (χ4v) is 1.00. The monoisotopic (exact) mass is 160 g/mol. The molecule has 0 aliphatic carbocycles. The first-order valence-corrected chi connectivity index (χ1v) is 3.74. The Morgan fingerprint density at radius 2 is 2.08 bits per heavy atom. The topological polar surface area (TPSA) is 40.5 Å². The Bertz CT molecular complexity index is 308. The summed E-state index contributed by atoms with van der Waals surface area (Å²) in [6.45, 7) is 1.83. The summed E-state index contributed by atoms with van der Waals surface area (Å²) >= 11 is 0. The molecule has 0 aliphatic heterocycles. The minimum absolute atomic E-state index is 0.727. The molecule has 0 atom stereocenters. The first-order chi connectivity index (χ1) is 5.83. The molecule has 0 fully saturated rings. The number of hydrogen-bond donors (Lipinski definition) is 0. The van der Waals surface area contributed by atoms with E-state index in [-0.39, 0.29) is 0 Å². The zero-order valence-corrected chi connectivity index (χ0v) is 6.94. The van der Waals surface area contributed by atoms with Gasteiger partial charge in [-0.15, -0.1) is 0 Å². The van der Waals surface area contributed by atoms with Crippen LogP contribution in [0.25, 0.3) is 5.08 Å². The van der Waals surface area contributed by atoms with Crippen LogP contribution < -0.4 is 0 Å². The molecule has 1 aromatic rings. The van der Waals surface area contributed by atoms with E-state index in [1.807, 2.05) is 37.3 Å². The molecule has 0 amide bonds. The van der Waals surface area contributed by atoms with Crippen LogP contribution in [0.2, 0.25) is 0 Å². The highest BCUT2D eigenvalue weighted by molar-refractivity contribution is 5.84. The average Bonchev–Trinajstić information content (AvgIpc) is 2.06. The van der Waals surface area contributed by atoms with Crippen molar-refractivity contribution in [3.05, 3.63) is 41.0 Å². The lowest BCUT2D eigenvalue weighted by atomic mass is 10.1. The third-order valence-corrected chi connectivity index (χ3v) is 1.52. The molecule has 3 nitrogen and oxygen atoms in total. The molecule has 3 heteroatoms. The second-order valence-electron chi connectivity index (χ2n) is 2.59. The van der Waals surface area contributed by atoms with Crippen molar-refractivity contribution in [2.24, 2.45) is 5.10 Å². The van der Waals surface area contributed by atoms with E-state index >= 15 is 0 Å². The van der Waals surface area contributed by atoms with Crippen molar-refractivity contribution in [2.45, 2.75) is 13.3 Å². The molecule has 0 bridgehead atoms. The Hall–Kier alpha value is -1.69. The lowest BCUT2D eigenvalue weighted by molar-refractivity contribution is 1.26. The van der Waals surface area contributed by atoms with Gasteiger partial charge >= 0.3 is 5.08 Å². The van der Waals surface area contributed by atoms with Crippen LogP contribution >= 0.6 is 0 Å². The normalized spacial score (nSPS) is 10.8. The van der Waals surface area contributed by atoms with Gasteiger partial charge in [-0.3, -0.25) is 0 Å². The predicted octanol–water partition coefficient (Wildman–Crippen LogP) is 2.46. The number of hydrogen-bond acceptors (Lipinski definition) is 2. The van der Waals surface area contributed by atoms with Gasteiger partial charge in [0.15, 0.2) is 5.10 Å². The van der Waals surface area contributed by atoms with Crippen LogP contribution in [0.3, 0.4) is 0 Å². The van der Waals surface area contributed by atoms with Gasteiger partial charge in [-0.25, -0.2) is 0 Å². The Labute approximate surface area is 71.4 Å². The zero-order chi connectivity index (χ0) is 8.81. The quantitative estimate of drug-likeness (QED) is 0.372. The van der Waals surface area contributed by atoms with E-state index in [0.29, 0.717) is 0 Å². The van der Waals surface area contributed by atoms with Crippen molar-refractivity contribution in [2.75, 3.05) is 0 Å². The van der Waals surface area contributed by atoms with Crippen LogP contribution in [0.15, 0.2) is 35.4 Å². The second-order valence-corrected chi connectivity index (χ2v) is 2.59. The van der Waals surface area contributed by atoms with E-state index in [9.17, 15) is 0 Å². The van der Waals surface area contributed by atoms with E-state index in [1.54, 1.807) is 0 Å². The predicted molar refractivity (Wildman–Crippen MR) is 48.3 cm³/mol. The first kappa shape index (κ1) is 8.41. The summed E-state index contributed by atoms with van der Waals surface area (Å²) in [6, 6.07) is 9.93. The summed E-state index contributed by atoms with van der Waals surface area (Å²) in [5.41, 5.74) is 1.96. The summed E-state index contributed by atoms with van der Waals surface area (Å²) in [7, 11) is 0. The molecule has 0 aliphatic rings. The molecule has 12 heavy (non-hydrogen) atoms. The molecule has 0 radical (unpaired) electrons. The molecular formula is C9H10N3+. The number of benzene rings is 1. The molecule has 0 saturated heterocycles. The van der Waals surface area contributed by atoms with Crippen molar-refractivity contribution in [3.8, 4) is 0 Å². The van der Waals surface area contributed by atoms with Crippen LogP contribution in [0.1, 0.15) is 12.5 Å². The molecule has 0 aromatic heterocycles. The van der Waals surface area contributed by atoms with E-state index in [1.165, 1.54) is 5.56 Å². The molecule has 0 N–H and O–H groups in total. The molecule has 60 valence electrons. The van der Waals surface area contributed by atoms with Gasteiger partial charge in [-0.2, -0.15) is 0 Å². The summed E-state index contributed by atoms with van der Waals surface area (Å²) in [5, 5.41) is 14.4. The molecular weight excluding hydrogens is 150 g/mol. The van der Waals surface area contributed by atoms with E-state index < -0.39 is 0 Å². The van der Waals surface area contributed by atoms with Crippen molar-refractivity contribution in [3.63, 3.8) is 0 Å². The van der Waals surface area contributed by atoms with Gasteiger partial charge in [-0.1, -0.05) is 30.3 Å². The minimum Gasteiger partial charge on any atom is -0.0622 e. The van der Waals surface area contributed by atoms with Crippen molar-refractivity contribution >= 4 is 5.71 Å². The molecule has 1 rings (SSSR count). The van der Waals surface area contributed by atoms with Gasteiger partial charge in [0, 0.05) is 6.42 Å². The second kappa shape index (κ2) is 4.24. The highest BCUT2D eigenvalue weighted by Crippen LogP contribution is 2.00. The third kappa shape index (κ3) is 2.51. The molecule has 0 saturated carbocycles. The Morgan fingerprint density at radius 3 is 2.67 bits per heavy atom. The van der Waals surface area contributed by atoms with E-state index in [2.05, 4.69) is 10.2 Å². The van der Waals surface area contributed by atoms with Gasteiger partial charge in [-0.05, 0) is 12.5 Å². The molecule has 0 heterocycles. The maximum Gasteiger partial charge on any atom is 0.338 e. The van der Waals surface area contributed by atoms with Gasteiger partial charge < -0.3 is 0 Å². The number of nitrogens with zero attached hydrogens (tertiary/aromatic N) is 3. The fraction of sp³-hybridized carbons (Fsp3) is 0.222. The molecule has 1 aromatic carbocycles. The Morgan fingerprint density at radius 1 is 1.42 bits per heavy atom. The maximum atomic E-state index is 8.15. The van der Waals surface area contributed by atoms with E-state index in [4.69, 9.17) is 5.39 Å². The summed E-state index contributed by atoms with van der Waals surface area (Å²) in [4.78, 5) is 0. The van der Waals surface area contributed by atoms with Crippen molar-refractivity contribution in [1.29, 1.82) is 5.39 Å². The third-order valence-electron chi connectivity index (χ3n) is 1.52. The number of diazo groups is 1. The summed E-state index contributed by atoms with van der Waals surface area (Å²) in [6.07, 6.45) is 0.727. The fourth-order valence-electron chi connectivity index (χ4n) is 1.00. The molecule has 0 spiro atoms. The minimum atomic E-state index is 0.727. The van der Waals surface area contributed by atoms with Gasteiger partial charge in [0.2, 0.25) is 0 Å². The maximum absolute atomic E-state index is 8.15. The van der Waals surface area contributed by atoms with Crippen LogP contribution in [0.4, 0.5) is 0 Å². The van der Waals surface area contributed by atoms with Crippen molar-refractivity contribution < 1.29 is 0 Å². The smallest absolute Gasteiger partial charge is 0.0622 e. The highest BCUT2D eigenvalue weighted by Gasteiger charge is 1.98. The van der Waals surface area contributed by atoms with Crippen LogP contribution in [-0.4, -0.2) is 5.71 Å². The van der Waals surface area contributed by atoms with Gasteiger partial charge in [0.25, 0.3) is 5.39 Å². The summed E-state index contributed by atoms with van der Waals surface area (Å²) in [5.74, 6) is 0. The first-order valence-electron chi connectivity index (χ1n) is 3.74. The van der Waals surface area contributed by atoms with Crippen LogP contribution in [-0.2, 0) is 6.42 Å². The lowest BCUT2D eigenvalue weighted by Crippen LogP contribution is -1.95. The van der Waals surface area contributed by atoms with E-state index in [0.717, 1.165) is 12.1 Å². The Balaban J connectivity index is 2.66. The van der Waals surface area contributed by atoms with Gasteiger partial charge in [0.05, 0.1) is 0 Å². The Kier molecular flexibility index (Phi) is 2.97. The van der Waals surface area contributed by atoms with Crippen molar-refractivity contribution in [1.82, 2.24) is 0 Å². The van der Waals surface area contributed by atoms with Crippen LogP contribution in [0, 0.1) is 5.39 Å². The highest BCUT2D eigenvalue weighted by atomic mass is 15.2.